The molecular formula is C27H27NO13S2. The Hall–Kier alpha value is -3.86. The van der Waals surface area contributed by atoms with Crippen LogP contribution in [-0.4, -0.2) is 90.0 Å². The fourth-order valence-corrected chi connectivity index (χ4v) is 6.14. The molecule has 2 aromatic rings. The maximum atomic E-state index is 13.6. The Bertz CT molecular complexity index is 1350. The van der Waals surface area contributed by atoms with Crippen LogP contribution in [0, 0.1) is 10.1 Å². The summed E-state index contributed by atoms with van der Waals surface area (Å²) in [4.78, 5) is 59.8. The molecule has 0 spiro atoms. The number of methoxy groups -OCH3 is 1. The fraction of sp³-hybridized carbons (Fsp3) is 0.407. The van der Waals surface area contributed by atoms with Gasteiger partial charge in [0.1, 0.15) is 17.9 Å². The van der Waals surface area contributed by atoms with Gasteiger partial charge in [0.25, 0.3) is 10.8 Å². The fourth-order valence-electron chi connectivity index (χ4n) is 4.09. The third kappa shape index (κ3) is 7.76. The van der Waals surface area contributed by atoms with Gasteiger partial charge in [0.05, 0.1) is 30.8 Å². The molecule has 230 valence electrons. The number of nitro groups is 1. The lowest BCUT2D eigenvalue weighted by Gasteiger charge is -2.35. The van der Waals surface area contributed by atoms with Crippen molar-refractivity contribution >= 4 is 53.1 Å². The van der Waals surface area contributed by atoms with E-state index in [1.165, 1.54) is 25.3 Å². The number of thioether (sulfide) groups is 2. The van der Waals surface area contributed by atoms with E-state index in [2.05, 4.69) is 0 Å². The molecule has 0 aliphatic carbocycles. The van der Waals surface area contributed by atoms with Crippen molar-refractivity contribution in [2.24, 2.45) is 0 Å². The average molecular weight is 638 g/mol. The summed E-state index contributed by atoms with van der Waals surface area (Å²) in [5.74, 6) is -2.46. The van der Waals surface area contributed by atoms with E-state index in [1.54, 1.807) is 18.2 Å². The van der Waals surface area contributed by atoms with E-state index in [1.807, 2.05) is 0 Å². The van der Waals surface area contributed by atoms with E-state index < -0.39 is 58.2 Å². The highest BCUT2D eigenvalue weighted by molar-refractivity contribution is 8.01. The summed E-state index contributed by atoms with van der Waals surface area (Å²) in [6, 6.07) is 11.1. The molecule has 3 unspecified atom stereocenters. The molecule has 0 bridgehead atoms. The summed E-state index contributed by atoms with van der Waals surface area (Å²) in [5.41, 5.74) is -0.0404. The van der Waals surface area contributed by atoms with E-state index in [9.17, 15) is 29.3 Å². The zero-order valence-corrected chi connectivity index (χ0v) is 24.6. The van der Waals surface area contributed by atoms with Crippen LogP contribution >= 0.6 is 23.5 Å². The van der Waals surface area contributed by atoms with Crippen molar-refractivity contribution in [2.45, 2.75) is 23.1 Å². The number of carbonyl (C=O) groups excluding carboxylic acids is 4. The lowest BCUT2D eigenvalue weighted by atomic mass is 10.2. The summed E-state index contributed by atoms with van der Waals surface area (Å²) < 4.78 is 38.6. The summed E-state index contributed by atoms with van der Waals surface area (Å²) >= 11 is 2.14. The number of rotatable bonds is 12. The normalized spacial score (nSPS) is 21.8. The van der Waals surface area contributed by atoms with Gasteiger partial charge in [-0.05, 0) is 24.3 Å². The predicted octanol–water partition coefficient (Wildman–Crippen LogP) is 2.97. The number of para-hydroxylation sites is 1. The second kappa shape index (κ2) is 14.1. The second-order valence-electron chi connectivity index (χ2n) is 8.96. The van der Waals surface area contributed by atoms with Gasteiger partial charge in [-0.2, -0.15) is 0 Å². The number of hydrogen-bond acceptors (Lipinski definition) is 15. The van der Waals surface area contributed by atoms with Gasteiger partial charge < -0.3 is 33.2 Å². The summed E-state index contributed by atoms with van der Waals surface area (Å²) in [6.45, 7) is 0.369. The van der Waals surface area contributed by atoms with E-state index in [-0.39, 0.29) is 35.8 Å². The molecule has 43 heavy (non-hydrogen) atoms. The first-order valence-corrected chi connectivity index (χ1v) is 14.7. The number of esters is 4. The first-order valence-electron chi connectivity index (χ1n) is 12.8. The van der Waals surface area contributed by atoms with Crippen LogP contribution in [-0.2, 0) is 38.0 Å². The molecule has 0 saturated carbocycles. The molecule has 0 N–H and O–H groups in total. The number of ether oxygens (including phenoxy) is 7. The van der Waals surface area contributed by atoms with Crippen LogP contribution in [0.15, 0.2) is 48.5 Å². The molecule has 2 fully saturated rings. The average Bonchev–Trinajstić information content (AvgIpc) is 3.68. The molecule has 2 saturated heterocycles. The molecule has 0 radical (unpaired) electrons. The largest absolute Gasteiger partial charge is 0.496 e. The summed E-state index contributed by atoms with van der Waals surface area (Å²) in [7, 11) is 1.40. The third-order valence-corrected chi connectivity index (χ3v) is 8.52. The molecule has 2 aromatic carbocycles. The van der Waals surface area contributed by atoms with E-state index in [4.69, 9.17) is 33.2 Å². The standard InChI is InChI=1S/C27H27NO13S2/c1-17(29)40-22(26(38-11-13-42-26)15-36-24(31)20-5-3-4-6-21(20)35-2)25(32)41-27(39-12-14-43-27)16-37-23(30)18-7-9-19(10-8-18)28(33)34/h3-10,22H,11-16H2,1-2H3. The lowest BCUT2D eigenvalue weighted by Crippen LogP contribution is -2.53. The minimum Gasteiger partial charge on any atom is -0.496 e. The first kappa shape index (κ1) is 32.1. The monoisotopic (exact) mass is 637 g/mol. The van der Waals surface area contributed by atoms with Crippen molar-refractivity contribution in [1.29, 1.82) is 0 Å². The molecule has 2 aliphatic rings. The topological polar surface area (TPSA) is 176 Å². The van der Waals surface area contributed by atoms with Gasteiger partial charge in [-0.15, -0.1) is 11.8 Å². The molecule has 2 aliphatic heterocycles. The number of nitro benzene ring substituents is 1. The van der Waals surface area contributed by atoms with Crippen LogP contribution < -0.4 is 4.74 Å². The minimum absolute atomic E-state index is 0.0273. The van der Waals surface area contributed by atoms with Gasteiger partial charge >= 0.3 is 23.9 Å². The second-order valence-corrected chi connectivity index (χ2v) is 11.7. The zero-order chi connectivity index (χ0) is 31.0. The van der Waals surface area contributed by atoms with Crippen LogP contribution in [0.5, 0.6) is 5.75 Å². The number of benzene rings is 2. The summed E-state index contributed by atoms with van der Waals surface area (Å²) in [6.07, 6.45) is -1.70. The highest BCUT2D eigenvalue weighted by Gasteiger charge is 2.55. The molecule has 2 heterocycles. The van der Waals surface area contributed by atoms with Gasteiger partial charge in [-0.1, -0.05) is 23.9 Å². The number of carbonyl (C=O) groups is 4. The number of non-ortho nitro benzene ring substituents is 1. The Morgan fingerprint density at radius 3 is 2.23 bits per heavy atom. The molecular weight excluding hydrogens is 610 g/mol. The van der Waals surface area contributed by atoms with Crippen LogP contribution in [0.2, 0.25) is 0 Å². The molecule has 14 nitrogen and oxygen atoms in total. The molecule has 0 aromatic heterocycles. The lowest BCUT2D eigenvalue weighted by molar-refractivity contribution is -0.384. The number of nitrogens with zero attached hydrogens (tertiary/aromatic N) is 1. The van der Waals surface area contributed by atoms with Gasteiger partial charge in [0.15, 0.2) is 11.5 Å². The smallest absolute Gasteiger partial charge is 0.354 e. The molecule has 16 heteroatoms. The zero-order valence-electron chi connectivity index (χ0n) is 23.0. The maximum absolute atomic E-state index is 13.6. The Balaban J connectivity index is 1.49. The van der Waals surface area contributed by atoms with E-state index in [0.29, 0.717) is 11.5 Å². The van der Waals surface area contributed by atoms with E-state index in [0.717, 1.165) is 42.6 Å². The van der Waals surface area contributed by atoms with Crippen molar-refractivity contribution in [3.63, 3.8) is 0 Å². The summed E-state index contributed by atoms with van der Waals surface area (Å²) in [5, 5.41) is 9.09. The number of hydrogen-bond donors (Lipinski definition) is 0. The van der Waals surface area contributed by atoms with Gasteiger partial charge in [0.2, 0.25) is 6.10 Å². The highest BCUT2D eigenvalue weighted by atomic mass is 32.2. The van der Waals surface area contributed by atoms with Crippen molar-refractivity contribution in [2.75, 3.05) is 45.0 Å². The Labute approximate surface area is 253 Å². The Morgan fingerprint density at radius 2 is 1.63 bits per heavy atom. The van der Waals surface area contributed by atoms with Crippen molar-refractivity contribution < 1.29 is 57.3 Å². The van der Waals surface area contributed by atoms with Crippen LogP contribution in [0.3, 0.4) is 0 Å². The maximum Gasteiger partial charge on any atom is 0.354 e. The molecule has 0 amide bonds. The minimum atomic E-state index is -1.79. The highest BCUT2D eigenvalue weighted by Crippen LogP contribution is 2.41. The predicted molar refractivity (Wildman–Crippen MR) is 151 cm³/mol. The van der Waals surface area contributed by atoms with Crippen molar-refractivity contribution in [3.05, 3.63) is 69.8 Å². The Morgan fingerprint density at radius 1 is 0.953 bits per heavy atom. The van der Waals surface area contributed by atoms with Crippen LogP contribution in [0.1, 0.15) is 27.6 Å². The molecule has 3 atom stereocenters. The molecule has 4 rings (SSSR count). The van der Waals surface area contributed by atoms with Crippen molar-refractivity contribution in [1.82, 2.24) is 0 Å². The quantitative estimate of drug-likeness (QED) is 0.144. The Kier molecular flexibility index (Phi) is 10.5. The van der Waals surface area contributed by atoms with Gasteiger partial charge in [-0.3, -0.25) is 14.9 Å². The van der Waals surface area contributed by atoms with Crippen LogP contribution in [0.4, 0.5) is 5.69 Å². The van der Waals surface area contributed by atoms with Gasteiger partial charge in [-0.25, -0.2) is 14.4 Å². The SMILES string of the molecule is COc1ccccc1C(=O)OCC1(C(OC(C)=O)C(=O)OC2(COC(=O)c3ccc([N+](=O)[O-])cc3)OCCS2)OCCS1. The van der Waals surface area contributed by atoms with E-state index >= 15 is 0 Å². The third-order valence-electron chi connectivity index (χ3n) is 6.08. The van der Waals surface area contributed by atoms with Crippen LogP contribution in [0.25, 0.3) is 0 Å². The van der Waals surface area contributed by atoms with Gasteiger partial charge in [0, 0.05) is 30.6 Å². The first-order chi connectivity index (χ1) is 20.6. The van der Waals surface area contributed by atoms with Crippen molar-refractivity contribution in [3.8, 4) is 5.75 Å².